The van der Waals surface area contributed by atoms with E-state index >= 15 is 0 Å². The Morgan fingerprint density at radius 2 is 1.84 bits per heavy atom. The SMILES string of the molecule is O=C(O)Cn1nnc(-c2cnc(OCCCOc3cc(F)ccc3-c3ccc(OC(F)(F)F)cc3)s2)n1. The number of carboxylic acids is 1. The van der Waals surface area contributed by atoms with E-state index in [9.17, 15) is 22.4 Å². The van der Waals surface area contributed by atoms with E-state index in [1.165, 1.54) is 36.5 Å². The fraction of sp³-hybridized carbons (Fsp3) is 0.227. The average Bonchev–Trinajstić information content (AvgIpc) is 3.48. The third-order valence-corrected chi connectivity index (χ3v) is 5.45. The summed E-state index contributed by atoms with van der Waals surface area (Å²) in [5, 5.41) is 20.5. The Kier molecular flexibility index (Phi) is 7.81. The quantitative estimate of drug-likeness (QED) is 0.218. The summed E-state index contributed by atoms with van der Waals surface area (Å²) in [4.78, 5) is 16.3. The predicted octanol–water partition coefficient (Wildman–Crippen LogP) is 4.43. The fourth-order valence-electron chi connectivity index (χ4n) is 3.05. The van der Waals surface area contributed by atoms with E-state index in [0.717, 1.165) is 28.3 Å². The first-order chi connectivity index (χ1) is 17.7. The van der Waals surface area contributed by atoms with Crippen LogP contribution in [0.5, 0.6) is 16.7 Å². The minimum Gasteiger partial charge on any atom is -0.493 e. The van der Waals surface area contributed by atoms with E-state index in [1.54, 1.807) is 0 Å². The van der Waals surface area contributed by atoms with Crippen LogP contribution in [0, 0.1) is 5.82 Å². The number of rotatable bonds is 11. The molecule has 0 atom stereocenters. The van der Waals surface area contributed by atoms with Crippen molar-refractivity contribution in [3.8, 4) is 38.5 Å². The van der Waals surface area contributed by atoms with Crippen LogP contribution in [0.3, 0.4) is 0 Å². The van der Waals surface area contributed by atoms with Crippen molar-refractivity contribution in [3.63, 3.8) is 0 Å². The zero-order chi connectivity index (χ0) is 26.4. The van der Waals surface area contributed by atoms with Gasteiger partial charge in [0.05, 0.1) is 24.3 Å². The molecule has 0 saturated heterocycles. The molecule has 0 unspecified atom stereocenters. The van der Waals surface area contributed by atoms with E-state index < -0.39 is 24.7 Å². The molecule has 0 fully saturated rings. The monoisotopic (exact) mass is 539 g/mol. The van der Waals surface area contributed by atoms with Gasteiger partial charge in [-0.05, 0) is 35.0 Å². The first-order valence-corrected chi connectivity index (χ1v) is 11.3. The van der Waals surface area contributed by atoms with Crippen LogP contribution in [0.15, 0.2) is 48.7 Å². The van der Waals surface area contributed by atoms with Gasteiger partial charge in [-0.15, -0.1) is 23.4 Å². The van der Waals surface area contributed by atoms with Gasteiger partial charge in [0, 0.05) is 18.1 Å². The number of aliphatic carboxylic acids is 1. The number of aromatic nitrogens is 5. The highest BCUT2D eigenvalue weighted by Crippen LogP contribution is 2.33. The molecule has 0 spiro atoms. The summed E-state index contributed by atoms with van der Waals surface area (Å²) in [6.07, 6.45) is -2.91. The number of ether oxygens (including phenoxy) is 3. The van der Waals surface area contributed by atoms with Crippen molar-refractivity contribution in [1.29, 1.82) is 0 Å². The van der Waals surface area contributed by atoms with Crippen molar-refractivity contribution in [3.05, 3.63) is 54.5 Å². The number of tetrazole rings is 1. The van der Waals surface area contributed by atoms with Crippen LogP contribution in [0.25, 0.3) is 21.8 Å². The molecule has 0 radical (unpaired) electrons. The lowest BCUT2D eigenvalue weighted by atomic mass is 10.0. The normalized spacial score (nSPS) is 11.4. The lowest BCUT2D eigenvalue weighted by Crippen LogP contribution is -2.16. The van der Waals surface area contributed by atoms with Gasteiger partial charge in [0.1, 0.15) is 17.3 Å². The number of hydrogen-bond acceptors (Lipinski definition) is 9. The maximum absolute atomic E-state index is 13.8. The van der Waals surface area contributed by atoms with Crippen molar-refractivity contribution in [1.82, 2.24) is 25.2 Å². The van der Waals surface area contributed by atoms with E-state index in [-0.39, 0.29) is 30.5 Å². The summed E-state index contributed by atoms with van der Waals surface area (Å²) >= 11 is 1.15. The minimum absolute atomic E-state index is 0.162. The molecular weight excluding hydrogens is 522 g/mol. The highest BCUT2D eigenvalue weighted by molar-refractivity contribution is 7.16. The van der Waals surface area contributed by atoms with Gasteiger partial charge < -0.3 is 19.3 Å². The molecular formula is C22H17F4N5O5S. The van der Waals surface area contributed by atoms with Crippen molar-refractivity contribution in [2.75, 3.05) is 13.2 Å². The second-order valence-electron chi connectivity index (χ2n) is 7.29. The maximum Gasteiger partial charge on any atom is 0.573 e. The molecule has 4 rings (SSSR count). The predicted molar refractivity (Wildman–Crippen MR) is 121 cm³/mol. The first kappa shape index (κ1) is 25.8. The highest BCUT2D eigenvalue weighted by Gasteiger charge is 2.31. The largest absolute Gasteiger partial charge is 0.573 e. The van der Waals surface area contributed by atoms with Crippen molar-refractivity contribution in [2.45, 2.75) is 19.3 Å². The first-order valence-electron chi connectivity index (χ1n) is 10.5. The van der Waals surface area contributed by atoms with Crippen LogP contribution in [-0.4, -0.2) is 55.8 Å². The molecule has 37 heavy (non-hydrogen) atoms. The number of nitrogens with zero attached hydrogens (tertiary/aromatic N) is 5. The van der Waals surface area contributed by atoms with E-state index in [0.29, 0.717) is 27.6 Å². The van der Waals surface area contributed by atoms with E-state index in [2.05, 4.69) is 25.1 Å². The minimum atomic E-state index is -4.80. The lowest BCUT2D eigenvalue weighted by Gasteiger charge is -2.13. The van der Waals surface area contributed by atoms with Gasteiger partial charge in [0.25, 0.3) is 5.19 Å². The molecule has 0 amide bonds. The Labute approximate surface area is 210 Å². The van der Waals surface area contributed by atoms with Crippen LogP contribution in [0.2, 0.25) is 0 Å². The van der Waals surface area contributed by atoms with Gasteiger partial charge in [-0.25, -0.2) is 9.37 Å². The molecule has 4 aromatic rings. The maximum atomic E-state index is 13.8. The van der Waals surface area contributed by atoms with Crippen molar-refractivity contribution in [2.24, 2.45) is 0 Å². The van der Waals surface area contributed by atoms with Gasteiger partial charge in [-0.3, -0.25) is 4.79 Å². The molecule has 2 heterocycles. The Balaban J connectivity index is 1.30. The summed E-state index contributed by atoms with van der Waals surface area (Å²) in [7, 11) is 0. The fourth-order valence-corrected chi connectivity index (χ4v) is 3.76. The molecule has 2 aromatic carbocycles. The zero-order valence-electron chi connectivity index (χ0n) is 18.7. The Bertz CT molecular complexity index is 1360. The molecule has 0 bridgehead atoms. The lowest BCUT2D eigenvalue weighted by molar-refractivity contribution is -0.274. The molecule has 2 aromatic heterocycles. The summed E-state index contributed by atoms with van der Waals surface area (Å²) < 4.78 is 66.1. The smallest absolute Gasteiger partial charge is 0.493 e. The summed E-state index contributed by atoms with van der Waals surface area (Å²) in [6, 6.07) is 9.04. The van der Waals surface area contributed by atoms with Gasteiger partial charge >= 0.3 is 12.3 Å². The Morgan fingerprint density at radius 1 is 1.08 bits per heavy atom. The second-order valence-corrected chi connectivity index (χ2v) is 8.28. The number of benzene rings is 2. The third-order valence-electron chi connectivity index (χ3n) is 4.55. The highest BCUT2D eigenvalue weighted by atomic mass is 32.1. The Morgan fingerprint density at radius 3 is 2.57 bits per heavy atom. The molecule has 0 aliphatic carbocycles. The van der Waals surface area contributed by atoms with Crippen molar-refractivity contribution >= 4 is 17.3 Å². The Hall–Kier alpha value is -4.27. The molecule has 15 heteroatoms. The average molecular weight is 539 g/mol. The van der Waals surface area contributed by atoms with Crippen LogP contribution in [0.4, 0.5) is 17.6 Å². The molecule has 0 saturated carbocycles. The number of carboxylic acid groups (broad SMARTS) is 1. The second kappa shape index (κ2) is 11.2. The van der Waals surface area contributed by atoms with Gasteiger partial charge in [0.2, 0.25) is 5.82 Å². The van der Waals surface area contributed by atoms with Gasteiger partial charge in [-0.2, -0.15) is 4.80 Å². The number of hydrogen-bond donors (Lipinski definition) is 1. The van der Waals surface area contributed by atoms with Crippen LogP contribution >= 0.6 is 11.3 Å². The number of carbonyl (C=O) groups is 1. The van der Waals surface area contributed by atoms with Crippen LogP contribution < -0.4 is 14.2 Å². The topological polar surface area (TPSA) is 121 Å². The summed E-state index contributed by atoms with van der Waals surface area (Å²) in [6.45, 7) is -0.0325. The van der Waals surface area contributed by atoms with Crippen LogP contribution in [-0.2, 0) is 11.3 Å². The van der Waals surface area contributed by atoms with E-state index in [4.69, 9.17) is 14.6 Å². The standard InChI is InChI=1S/C22H17F4N5O5S/c23-14-4-7-16(13-2-5-15(6-3-13)36-22(24,25)26)17(10-14)34-8-1-9-35-21-27-11-18(37-21)20-28-30-31(29-20)12-19(32)33/h2-7,10-11H,1,8-9,12H2,(H,32,33). The number of halogens is 4. The number of alkyl halides is 3. The summed E-state index contributed by atoms with van der Waals surface area (Å²) in [5.74, 6) is -1.57. The zero-order valence-corrected chi connectivity index (χ0v) is 19.5. The molecule has 0 aliphatic rings. The van der Waals surface area contributed by atoms with E-state index in [1.807, 2.05) is 0 Å². The molecule has 10 nitrogen and oxygen atoms in total. The van der Waals surface area contributed by atoms with Crippen molar-refractivity contribution < 1.29 is 41.7 Å². The van der Waals surface area contributed by atoms with Gasteiger partial charge in [0.15, 0.2) is 6.54 Å². The third kappa shape index (κ3) is 7.36. The summed E-state index contributed by atoms with van der Waals surface area (Å²) in [5.41, 5.74) is 1.01. The molecule has 1 N–H and O–H groups in total. The molecule has 0 aliphatic heterocycles. The van der Waals surface area contributed by atoms with Gasteiger partial charge in [-0.1, -0.05) is 23.5 Å². The van der Waals surface area contributed by atoms with Crippen LogP contribution in [0.1, 0.15) is 6.42 Å². The number of thiazole rings is 1. The molecule has 194 valence electrons.